The third-order valence-electron chi connectivity index (χ3n) is 3.85. The first-order chi connectivity index (χ1) is 9.70. The Morgan fingerprint density at radius 2 is 2.15 bits per heavy atom. The van der Waals surface area contributed by atoms with Crippen molar-refractivity contribution in [2.75, 3.05) is 5.32 Å². The maximum Gasteiger partial charge on any atom is 0.229 e. The third-order valence-corrected chi connectivity index (χ3v) is 5.98. The molecule has 0 unspecified atom stereocenters. The van der Waals surface area contributed by atoms with Crippen LogP contribution in [0.3, 0.4) is 0 Å². The van der Waals surface area contributed by atoms with Crippen LogP contribution in [0.25, 0.3) is 0 Å². The maximum absolute atomic E-state index is 12.2. The highest BCUT2D eigenvalue weighted by molar-refractivity contribution is 7.15. The first-order valence-corrected chi connectivity index (χ1v) is 8.54. The Morgan fingerprint density at radius 1 is 1.30 bits per heavy atom. The number of hydrogen-bond acceptors (Lipinski definition) is 5. The van der Waals surface area contributed by atoms with Gasteiger partial charge in [-0.15, -0.1) is 21.5 Å². The van der Waals surface area contributed by atoms with Gasteiger partial charge in [-0.05, 0) is 38.3 Å². The second-order valence-corrected chi connectivity index (χ2v) is 7.93. The van der Waals surface area contributed by atoms with Crippen molar-refractivity contribution in [1.29, 1.82) is 0 Å². The van der Waals surface area contributed by atoms with Crippen LogP contribution in [0.15, 0.2) is 12.1 Å². The minimum atomic E-state index is 0.0968. The van der Waals surface area contributed by atoms with Crippen LogP contribution in [-0.2, 0) is 4.79 Å². The average molecular weight is 305 g/mol. The molecule has 4 nitrogen and oxygen atoms in total. The Hall–Kier alpha value is -1.27. The van der Waals surface area contributed by atoms with Gasteiger partial charge in [-0.2, -0.15) is 0 Å². The largest absolute Gasteiger partial charge is 0.300 e. The Balaban J connectivity index is 1.38. The lowest BCUT2D eigenvalue weighted by atomic mass is 10.2. The Morgan fingerprint density at radius 3 is 2.85 bits per heavy atom. The van der Waals surface area contributed by atoms with Crippen molar-refractivity contribution in [3.8, 4) is 0 Å². The summed E-state index contributed by atoms with van der Waals surface area (Å²) in [6, 6.07) is 4.27. The number of carbonyl (C=O) groups is 1. The van der Waals surface area contributed by atoms with E-state index >= 15 is 0 Å². The SMILES string of the molecule is Cc1ccc([C@@H]2C[C@@H]2C(=O)Nc2nnc(C3CC3)s2)s1. The summed E-state index contributed by atoms with van der Waals surface area (Å²) >= 11 is 3.32. The first-order valence-electron chi connectivity index (χ1n) is 6.91. The fourth-order valence-corrected chi connectivity index (χ4v) is 4.40. The molecule has 2 aliphatic carbocycles. The van der Waals surface area contributed by atoms with Crippen molar-refractivity contribution in [3.05, 3.63) is 26.9 Å². The average Bonchev–Trinajstić information content (AvgIpc) is 3.34. The minimum absolute atomic E-state index is 0.0968. The maximum atomic E-state index is 12.2. The van der Waals surface area contributed by atoms with E-state index in [1.165, 1.54) is 33.9 Å². The topological polar surface area (TPSA) is 54.9 Å². The van der Waals surface area contributed by atoms with E-state index in [1.54, 1.807) is 11.3 Å². The molecule has 0 spiro atoms. The first kappa shape index (κ1) is 12.5. The van der Waals surface area contributed by atoms with Crippen LogP contribution >= 0.6 is 22.7 Å². The van der Waals surface area contributed by atoms with Crippen LogP contribution < -0.4 is 5.32 Å². The van der Waals surface area contributed by atoms with Gasteiger partial charge >= 0.3 is 0 Å². The molecule has 0 radical (unpaired) electrons. The smallest absolute Gasteiger partial charge is 0.229 e. The number of anilines is 1. The van der Waals surface area contributed by atoms with Crippen molar-refractivity contribution in [3.63, 3.8) is 0 Å². The van der Waals surface area contributed by atoms with Crippen LogP contribution in [-0.4, -0.2) is 16.1 Å². The highest BCUT2D eigenvalue weighted by atomic mass is 32.1. The van der Waals surface area contributed by atoms with E-state index in [1.807, 2.05) is 0 Å². The molecule has 2 fully saturated rings. The molecule has 2 aromatic heterocycles. The molecule has 0 aromatic carbocycles. The van der Waals surface area contributed by atoms with E-state index in [4.69, 9.17) is 0 Å². The predicted molar refractivity (Wildman–Crippen MR) is 80.4 cm³/mol. The van der Waals surface area contributed by atoms with Crippen molar-refractivity contribution in [1.82, 2.24) is 10.2 Å². The number of thiophene rings is 1. The zero-order chi connectivity index (χ0) is 13.7. The molecule has 2 aliphatic rings. The summed E-state index contributed by atoms with van der Waals surface area (Å²) in [5.41, 5.74) is 0. The molecule has 1 N–H and O–H groups in total. The zero-order valence-electron chi connectivity index (χ0n) is 11.1. The summed E-state index contributed by atoms with van der Waals surface area (Å²) in [5.74, 6) is 1.21. The standard InChI is InChI=1S/C14H15N3OS2/c1-7-2-5-11(19-7)9-6-10(9)12(18)15-14-17-16-13(20-14)8-3-4-8/h2,5,8-10H,3-4,6H2,1H3,(H,15,17,18)/t9-,10+/m1/s1. The van der Waals surface area contributed by atoms with E-state index in [-0.39, 0.29) is 11.8 Å². The van der Waals surface area contributed by atoms with E-state index in [2.05, 4.69) is 34.6 Å². The normalized spacial score (nSPS) is 24.6. The number of aromatic nitrogens is 2. The number of hydrogen-bond donors (Lipinski definition) is 1. The molecular formula is C14H15N3OS2. The molecule has 20 heavy (non-hydrogen) atoms. The number of amides is 1. The van der Waals surface area contributed by atoms with Gasteiger partial charge in [0, 0.05) is 27.5 Å². The Bertz CT molecular complexity index is 659. The summed E-state index contributed by atoms with van der Waals surface area (Å²) in [4.78, 5) is 14.8. The van der Waals surface area contributed by atoms with E-state index < -0.39 is 0 Å². The van der Waals surface area contributed by atoms with Gasteiger partial charge in [-0.3, -0.25) is 4.79 Å². The zero-order valence-corrected chi connectivity index (χ0v) is 12.8. The van der Waals surface area contributed by atoms with Crippen molar-refractivity contribution < 1.29 is 4.79 Å². The second kappa shape index (κ2) is 4.63. The number of nitrogens with zero attached hydrogens (tertiary/aromatic N) is 2. The molecule has 2 heterocycles. The van der Waals surface area contributed by atoms with Crippen LogP contribution in [0.4, 0.5) is 5.13 Å². The molecular weight excluding hydrogens is 290 g/mol. The number of aryl methyl sites for hydroxylation is 1. The summed E-state index contributed by atoms with van der Waals surface area (Å²) in [7, 11) is 0. The molecule has 104 valence electrons. The van der Waals surface area contributed by atoms with Gasteiger partial charge in [0.25, 0.3) is 0 Å². The molecule has 1 amide bonds. The minimum Gasteiger partial charge on any atom is -0.300 e. The molecule has 4 rings (SSSR count). The van der Waals surface area contributed by atoms with E-state index in [9.17, 15) is 4.79 Å². The molecule has 0 aliphatic heterocycles. The predicted octanol–water partition coefficient (Wildman–Crippen LogP) is 3.53. The highest BCUT2D eigenvalue weighted by Crippen LogP contribution is 2.50. The third kappa shape index (κ3) is 2.38. The Labute approximate surface area is 125 Å². The number of nitrogens with one attached hydrogen (secondary N) is 1. The summed E-state index contributed by atoms with van der Waals surface area (Å²) in [5, 5.41) is 12.9. The lowest BCUT2D eigenvalue weighted by Crippen LogP contribution is -2.14. The van der Waals surface area contributed by atoms with Gasteiger partial charge in [-0.1, -0.05) is 11.3 Å². The van der Waals surface area contributed by atoms with E-state index in [0.717, 1.165) is 11.4 Å². The Kier molecular flexibility index (Phi) is 2.89. The lowest BCUT2D eigenvalue weighted by Gasteiger charge is -1.99. The molecule has 0 bridgehead atoms. The summed E-state index contributed by atoms with van der Waals surface area (Å²) in [6.45, 7) is 2.10. The van der Waals surface area contributed by atoms with Crippen LogP contribution in [0, 0.1) is 12.8 Å². The van der Waals surface area contributed by atoms with Crippen LogP contribution in [0.5, 0.6) is 0 Å². The monoisotopic (exact) mass is 305 g/mol. The van der Waals surface area contributed by atoms with Crippen molar-refractivity contribution in [2.45, 2.75) is 38.0 Å². The van der Waals surface area contributed by atoms with Gasteiger partial charge in [0.2, 0.25) is 11.0 Å². The lowest BCUT2D eigenvalue weighted by molar-refractivity contribution is -0.117. The fraction of sp³-hybridized carbons (Fsp3) is 0.500. The van der Waals surface area contributed by atoms with Crippen molar-refractivity contribution >= 4 is 33.7 Å². The van der Waals surface area contributed by atoms with Gasteiger partial charge in [-0.25, -0.2) is 0 Å². The van der Waals surface area contributed by atoms with Gasteiger partial charge in [0.05, 0.1) is 0 Å². The summed E-state index contributed by atoms with van der Waals surface area (Å²) < 4.78 is 0. The quantitative estimate of drug-likeness (QED) is 0.940. The van der Waals surface area contributed by atoms with Gasteiger partial charge in [0.15, 0.2) is 0 Å². The highest BCUT2D eigenvalue weighted by Gasteiger charge is 2.45. The number of rotatable bonds is 4. The molecule has 2 saturated carbocycles. The van der Waals surface area contributed by atoms with Gasteiger partial charge in [0.1, 0.15) is 5.01 Å². The summed E-state index contributed by atoms with van der Waals surface area (Å²) in [6.07, 6.45) is 3.39. The van der Waals surface area contributed by atoms with Gasteiger partial charge < -0.3 is 5.32 Å². The molecule has 6 heteroatoms. The van der Waals surface area contributed by atoms with Crippen molar-refractivity contribution in [2.24, 2.45) is 5.92 Å². The second-order valence-electron chi connectivity index (χ2n) is 5.61. The van der Waals surface area contributed by atoms with Crippen LogP contribution in [0.1, 0.15) is 45.9 Å². The van der Waals surface area contributed by atoms with E-state index in [0.29, 0.717) is 17.0 Å². The molecule has 2 atom stereocenters. The number of carbonyl (C=O) groups excluding carboxylic acids is 1. The fourth-order valence-electron chi connectivity index (χ4n) is 2.43. The molecule has 2 aromatic rings. The molecule has 0 saturated heterocycles. The van der Waals surface area contributed by atoms with Crippen LogP contribution in [0.2, 0.25) is 0 Å².